The average Bonchev–Trinajstić information content (AvgIpc) is 3.35. The van der Waals surface area contributed by atoms with E-state index in [1.54, 1.807) is 13.2 Å². The lowest BCUT2D eigenvalue weighted by Crippen LogP contribution is -2.42. The second kappa shape index (κ2) is 7.70. The minimum absolute atomic E-state index is 0.138. The molecule has 1 aromatic heterocycles. The molecule has 0 spiro atoms. The molecule has 0 radical (unpaired) electrons. The van der Waals surface area contributed by atoms with Crippen molar-refractivity contribution in [3.8, 4) is 5.75 Å². The Balaban J connectivity index is 1.30. The molecule has 2 fully saturated rings. The molecule has 1 aliphatic heterocycles. The maximum atomic E-state index is 12.5. The molecule has 2 heterocycles. The van der Waals surface area contributed by atoms with Crippen LogP contribution in [0.4, 0.5) is 0 Å². The van der Waals surface area contributed by atoms with Crippen LogP contribution in [0.5, 0.6) is 5.75 Å². The molecule has 2 aromatic rings. The van der Waals surface area contributed by atoms with Crippen molar-refractivity contribution in [1.82, 2.24) is 10.2 Å². The Morgan fingerprint density at radius 3 is 2.73 bits per heavy atom. The fourth-order valence-electron chi connectivity index (χ4n) is 4.42. The fraction of sp³-hybridized carbons (Fsp3) is 0.571. The van der Waals surface area contributed by atoms with Crippen LogP contribution in [-0.2, 0) is 0 Å². The lowest BCUT2D eigenvalue weighted by molar-refractivity contribution is 0.0900. The highest BCUT2D eigenvalue weighted by atomic mass is 16.5. The van der Waals surface area contributed by atoms with Crippen molar-refractivity contribution < 1.29 is 13.9 Å². The number of nitrogens with zero attached hydrogens (tertiary/aromatic N) is 1. The van der Waals surface area contributed by atoms with Gasteiger partial charge in [-0.15, -0.1) is 0 Å². The van der Waals surface area contributed by atoms with Gasteiger partial charge < -0.3 is 19.4 Å². The van der Waals surface area contributed by atoms with Gasteiger partial charge in [-0.05, 0) is 56.8 Å². The average molecular weight is 356 g/mol. The first-order valence-corrected chi connectivity index (χ1v) is 9.83. The van der Waals surface area contributed by atoms with Crippen molar-refractivity contribution in [3.05, 3.63) is 30.0 Å². The molecule has 1 amide bonds. The highest BCUT2D eigenvalue weighted by molar-refractivity contribution is 5.97. The van der Waals surface area contributed by atoms with Gasteiger partial charge in [0.1, 0.15) is 0 Å². The van der Waals surface area contributed by atoms with E-state index < -0.39 is 0 Å². The summed E-state index contributed by atoms with van der Waals surface area (Å²) in [5.74, 6) is 1.44. The highest BCUT2D eigenvalue weighted by Crippen LogP contribution is 2.29. The zero-order chi connectivity index (χ0) is 17.9. The summed E-state index contributed by atoms with van der Waals surface area (Å²) < 4.78 is 11.0. The second-order valence-corrected chi connectivity index (χ2v) is 7.62. The summed E-state index contributed by atoms with van der Waals surface area (Å²) in [5.41, 5.74) is 0.630. The Labute approximate surface area is 154 Å². The monoisotopic (exact) mass is 356 g/mol. The van der Waals surface area contributed by atoms with Gasteiger partial charge in [0.2, 0.25) is 0 Å². The summed E-state index contributed by atoms with van der Waals surface area (Å²) >= 11 is 0. The smallest absolute Gasteiger partial charge is 0.287 e. The number of amides is 1. The number of para-hydroxylation sites is 1. The Kier molecular flexibility index (Phi) is 5.16. The van der Waals surface area contributed by atoms with Crippen molar-refractivity contribution in [2.75, 3.05) is 26.7 Å². The molecule has 5 heteroatoms. The number of hydrogen-bond donors (Lipinski definition) is 1. The largest absolute Gasteiger partial charge is 0.493 e. The Hall–Kier alpha value is -2.01. The van der Waals surface area contributed by atoms with Gasteiger partial charge in [-0.25, -0.2) is 0 Å². The number of fused-ring (bicyclic) bond motifs is 1. The highest BCUT2D eigenvalue weighted by Gasteiger charge is 2.27. The summed E-state index contributed by atoms with van der Waals surface area (Å²) in [6, 6.07) is 8.27. The lowest BCUT2D eigenvalue weighted by Gasteiger charge is -2.36. The van der Waals surface area contributed by atoms with E-state index in [1.807, 2.05) is 18.2 Å². The van der Waals surface area contributed by atoms with Crippen molar-refractivity contribution in [2.45, 2.75) is 44.6 Å². The molecule has 140 valence electrons. The van der Waals surface area contributed by atoms with Crippen LogP contribution >= 0.6 is 0 Å². The number of carbonyl (C=O) groups is 1. The van der Waals surface area contributed by atoms with E-state index in [0.717, 1.165) is 18.0 Å². The Morgan fingerprint density at radius 2 is 2.00 bits per heavy atom. The summed E-state index contributed by atoms with van der Waals surface area (Å²) in [4.78, 5) is 15.1. The van der Waals surface area contributed by atoms with Crippen LogP contribution < -0.4 is 10.1 Å². The third-order valence-corrected chi connectivity index (χ3v) is 5.99. The van der Waals surface area contributed by atoms with Gasteiger partial charge in [0.15, 0.2) is 17.1 Å². The number of benzene rings is 1. The zero-order valence-corrected chi connectivity index (χ0v) is 15.5. The van der Waals surface area contributed by atoms with E-state index in [1.165, 1.54) is 51.6 Å². The molecule has 1 aromatic carbocycles. The predicted octanol–water partition coefficient (Wildman–Crippen LogP) is 3.83. The third-order valence-electron chi connectivity index (χ3n) is 5.99. The molecular weight excluding hydrogens is 328 g/mol. The van der Waals surface area contributed by atoms with E-state index >= 15 is 0 Å². The summed E-state index contributed by atoms with van der Waals surface area (Å²) in [5, 5.41) is 3.95. The van der Waals surface area contributed by atoms with Crippen molar-refractivity contribution in [1.29, 1.82) is 0 Å². The second-order valence-electron chi connectivity index (χ2n) is 7.62. The van der Waals surface area contributed by atoms with Crippen LogP contribution in [-0.4, -0.2) is 43.6 Å². The number of hydrogen-bond acceptors (Lipinski definition) is 4. The first kappa shape index (κ1) is 17.4. The number of furan rings is 1. The van der Waals surface area contributed by atoms with Gasteiger partial charge in [0.25, 0.3) is 5.91 Å². The van der Waals surface area contributed by atoms with E-state index in [-0.39, 0.29) is 5.91 Å². The van der Waals surface area contributed by atoms with Crippen LogP contribution in [0.15, 0.2) is 28.7 Å². The first-order valence-electron chi connectivity index (χ1n) is 9.83. The molecule has 0 unspecified atom stereocenters. The van der Waals surface area contributed by atoms with E-state index in [4.69, 9.17) is 9.15 Å². The van der Waals surface area contributed by atoms with Crippen LogP contribution in [0.1, 0.15) is 49.1 Å². The van der Waals surface area contributed by atoms with Gasteiger partial charge in [0.05, 0.1) is 7.11 Å². The third kappa shape index (κ3) is 3.58. The molecule has 5 nitrogen and oxygen atoms in total. The minimum Gasteiger partial charge on any atom is -0.493 e. The number of methoxy groups -OCH3 is 1. The normalized spacial score (nSPS) is 19.9. The summed E-state index contributed by atoms with van der Waals surface area (Å²) in [6.45, 7) is 3.08. The van der Waals surface area contributed by atoms with Crippen LogP contribution in [0.25, 0.3) is 11.0 Å². The molecule has 1 aliphatic carbocycles. The van der Waals surface area contributed by atoms with Gasteiger partial charge >= 0.3 is 0 Å². The maximum absolute atomic E-state index is 12.5. The Bertz CT molecular complexity index is 756. The quantitative estimate of drug-likeness (QED) is 0.885. The van der Waals surface area contributed by atoms with E-state index in [0.29, 0.717) is 23.0 Å². The molecule has 0 atom stereocenters. The number of rotatable bonds is 5. The molecular formula is C21H28N2O3. The van der Waals surface area contributed by atoms with Gasteiger partial charge in [-0.3, -0.25) is 4.79 Å². The van der Waals surface area contributed by atoms with E-state index in [9.17, 15) is 4.79 Å². The summed E-state index contributed by atoms with van der Waals surface area (Å²) in [6.07, 6.45) is 7.87. The van der Waals surface area contributed by atoms with Gasteiger partial charge in [0, 0.05) is 18.0 Å². The van der Waals surface area contributed by atoms with Crippen LogP contribution in [0, 0.1) is 5.92 Å². The minimum atomic E-state index is -0.138. The molecule has 26 heavy (non-hydrogen) atoms. The fourth-order valence-corrected chi connectivity index (χ4v) is 4.42. The van der Waals surface area contributed by atoms with E-state index in [2.05, 4.69) is 10.2 Å². The van der Waals surface area contributed by atoms with Crippen LogP contribution in [0.2, 0.25) is 0 Å². The number of carbonyl (C=O) groups excluding carboxylic acids is 1. The molecule has 1 N–H and O–H groups in total. The topological polar surface area (TPSA) is 54.7 Å². The predicted molar refractivity (Wildman–Crippen MR) is 102 cm³/mol. The van der Waals surface area contributed by atoms with Gasteiger partial charge in [-0.2, -0.15) is 0 Å². The number of piperidine rings is 1. The number of likely N-dealkylation sites (tertiary alicyclic amines) is 1. The lowest BCUT2D eigenvalue weighted by atomic mass is 9.95. The first-order chi connectivity index (χ1) is 12.7. The number of ether oxygens (including phenoxy) is 1. The van der Waals surface area contributed by atoms with Crippen molar-refractivity contribution >= 4 is 16.9 Å². The Morgan fingerprint density at radius 1 is 1.23 bits per heavy atom. The summed E-state index contributed by atoms with van der Waals surface area (Å²) in [7, 11) is 1.61. The standard InChI is InChI=1S/C21H28N2O3/c1-25-18-8-4-5-16-13-19(26-20(16)18)21(24)22-14-15-9-11-23(12-10-15)17-6-2-3-7-17/h4-5,8,13,15,17H,2-3,6-7,9-12,14H2,1H3,(H,22,24). The molecule has 4 rings (SSSR count). The molecule has 2 aliphatic rings. The van der Waals surface area contributed by atoms with Crippen molar-refractivity contribution in [3.63, 3.8) is 0 Å². The van der Waals surface area contributed by atoms with Crippen LogP contribution in [0.3, 0.4) is 0 Å². The van der Waals surface area contributed by atoms with Crippen molar-refractivity contribution in [2.24, 2.45) is 5.92 Å². The van der Waals surface area contributed by atoms with Gasteiger partial charge in [-0.1, -0.05) is 25.0 Å². The SMILES string of the molecule is COc1cccc2cc(C(=O)NCC3CCN(C4CCCC4)CC3)oc12. The molecule has 1 saturated heterocycles. The zero-order valence-electron chi connectivity index (χ0n) is 15.5. The maximum Gasteiger partial charge on any atom is 0.287 e. The number of nitrogens with one attached hydrogen (secondary N) is 1. The molecule has 1 saturated carbocycles. The molecule has 0 bridgehead atoms.